The van der Waals surface area contributed by atoms with Crippen molar-refractivity contribution in [3.8, 4) is 0 Å². The quantitative estimate of drug-likeness (QED) is 0.847. The lowest BCUT2D eigenvalue weighted by Crippen LogP contribution is -2.28. The molecule has 0 radical (unpaired) electrons. The minimum Gasteiger partial charge on any atom is -0.381 e. The highest BCUT2D eigenvalue weighted by atomic mass is 35.5. The third-order valence-corrected chi connectivity index (χ3v) is 3.58. The first-order valence-corrected chi connectivity index (χ1v) is 6.36. The smallest absolute Gasteiger partial charge is 0.227 e. The highest BCUT2D eigenvalue weighted by molar-refractivity contribution is 6.42. The second-order valence-corrected chi connectivity index (χ2v) is 4.94. The van der Waals surface area contributed by atoms with Crippen LogP contribution in [0.25, 0.3) is 0 Å². The lowest BCUT2D eigenvalue weighted by Gasteiger charge is -2.21. The van der Waals surface area contributed by atoms with Crippen LogP contribution in [0.2, 0.25) is 10.0 Å². The van der Waals surface area contributed by atoms with E-state index >= 15 is 0 Å². The van der Waals surface area contributed by atoms with E-state index in [1.54, 1.807) is 0 Å². The van der Waals surface area contributed by atoms with Crippen LogP contribution >= 0.6 is 23.2 Å². The summed E-state index contributed by atoms with van der Waals surface area (Å²) >= 11 is 11.5. The van der Waals surface area contributed by atoms with Crippen LogP contribution in [-0.4, -0.2) is 19.1 Å². The van der Waals surface area contributed by atoms with Crippen LogP contribution < -0.4 is 5.32 Å². The molecule has 1 aromatic rings. The predicted molar refractivity (Wildman–Crippen MR) is 68.6 cm³/mol. The fraction of sp³-hybridized carbons (Fsp3) is 0.417. The van der Waals surface area contributed by atoms with Gasteiger partial charge in [-0.15, -0.1) is 0 Å². The van der Waals surface area contributed by atoms with Crippen molar-refractivity contribution in [1.29, 1.82) is 0 Å². The summed E-state index contributed by atoms with van der Waals surface area (Å²) in [7, 11) is 0. The zero-order valence-electron chi connectivity index (χ0n) is 9.51. The van der Waals surface area contributed by atoms with Crippen LogP contribution in [0, 0.1) is 11.7 Å². The van der Waals surface area contributed by atoms with Gasteiger partial charge in [-0.2, -0.15) is 0 Å². The summed E-state index contributed by atoms with van der Waals surface area (Å²) in [6.07, 6.45) is 1.30. The first-order chi connectivity index (χ1) is 8.58. The standard InChI is InChI=1S/C12H12Cl2FNO2/c13-8-5-10(15)11(6-9(8)14)16-12(17)7-1-3-18-4-2-7/h5-7H,1-4H2,(H,16,17). The molecule has 1 heterocycles. The second kappa shape index (κ2) is 5.87. The summed E-state index contributed by atoms with van der Waals surface area (Å²) in [6.45, 7) is 1.11. The number of hydrogen-bond donors (Lipinski definition) is 1. The van der Waals surface area contributed by atoms with Crippen LogP contribution in [-0.2, 0) is 9.53 Å². The molecule has 1 aliphatic rings. The van der Waals surface area contributed by atoms with E-state index in [1.807, 2.05) is 0 Å². The van der Waals surface area contributed by atoms with Gasteiger partial charge in [-0.05, 0) is 25.0 Å². The molecule has 98 valence electrons. The van der Waals surface area contributed by atoms with Crippen molar-refractivity contribution < 1.29 is 13.9 Å². The van der Waals surface area contributed by atoms with Crippen LogP contribution in [0.4, 0.5) is 10.1 Å². The maximum atomic E-state index is 13.6. The summed E-state index contributed by atoms with van der Waals surface area (Å²) in [5.74, 6) is -0.951. The Hall–Kier alpha value is -0.840. The van der Waals surface area contributed by atoms with E-state index in [9.17, 15) is 9.18 Å². The second-order valence-electron chi connectivity index (χ2n) is 4.12. The molecule has 0 aliphatic carbocycles. The Morgan fingerprint density at radius 2 is 1.89 bits per heavy atom. The molecule has 1 aromatic carbocycles. The summed E-state index contributed by atoms with van der Waals surface area (Å²) in [5, 5.41) is 2.87. The Balaban J connectivity index is 2.08. The largest absolute Gasteiger partial charge is 0.381 e. The van der Waals surface area contributed by atoms with Crippen LogP contribution in [0.1, 0.15) is 12.8 Å². The van der Waals surface area contributed by atoms with Gasteiger partial charge in [0.2, 0.25) is 5.91 Å². The van der Waals surface area contributed by atoms with Gasteiger partial charge < -0.3 is 10.1 Å². The Morgan fingerprint density at radius 3 is 2.56 bits per heavy atom. The lowest BCUT2D eigenvalue weighted by atomic mass is 9.99. The van der Waals surface area contributed by atoms with Crippen molar-refractivity contribution in [3.63, 3.8) is 0 Å². The normalized spacial score (nSPS) is 16.6. The number of carbonyl (C=O) groups is 1. The molecule has 0 unspecified atom stereocenters. The van der Waals surface area contributed by atoms with Crippen molar-refractivity contribution in [2.75, 3.05) is 18.5 Å². The summed E-state index contributed by atoms with van der Waals surface area (Å²) in [5.41, 5.74) is 0.0564. The number of ether oxygens (including phenoxy) is 1. The zero-order valence-corrected chi connectivity index (χ0v) is 11.0. The SMILES string of the molecule is O=C(Nc1cc(Cl)c(Cl)cc1F)C1CCOCC1. The van der Waals surface area contributed by atoms with E-state index in [4.69, 9.17) is 27.9 Å². The van der Waals surface area contributed by atoms with Crippen LogP contribution in [0.3, 0.4) is 0 Å². The van der Waals surface area contributed by atoms with Gasteiger partial charge in [0.15, 0.2) is 0 Å². The molecule has 1 saturated heterocycles. The fourth-order valence-electron chi connectivity index (χ4n) is 1.81. The summed E-state index contributed by atoms with van der Waals surface area (Å²) in [4.78, 5) is 11.9. The maximum absolute atomic E-state index is 13.6. The molecule has 0 spiro atoms. The van der Waals surface area contributed by atoms with Gasteiger partial charge in [0.1, 0.15) is 5.82 Å². The molecule has 2 rings (SSSR count). The lowest BCUT2D eigenvalue weighted by molar-refractivity contribution is -0.122. The van der Waals surface area contributed by atoms with E-state index in [-0.39, 0.29) is 27.6 Å². The number of halogens is 3. The van der Waals surface area contributed by atoms with Crippen LogP contribution in [0.5, 0.6) is 0 Å². The number of hydrogen-bond acceptors (Lipinski definition) is 2. The molecule has 0 saturated carbocycles. The van der Waals surface area contributed by atoms with Gasteiger partial charge in [0.25, 0.3) is 0 Å². The van der Waals surface area contributed by atoms with E-state index in [2.05, 4.69) is 5.32 Å². The molecule has 1 aliphatic heterocycles. The van der Waals surface area contributed by atoms with Gasteiger partial charge in [0, 0.05) is 19.1 Å². The Kier molecular flexibility index (Phi) is 4.43. The average Bonchev–Trinajstić information content (AvgIpc) is 2.37. The summed E-state index contributed by atoms with van der Waals surface area (Å²) in [6, 6.07) is 2.40. The number of amides is 1. The zero-order chi connectivity index (χ0) is 13.1. The third kappa shape index (κ3) is 3.13. The van der Waals surface area contributed by atoms with Crippen molar-refractivity contribution in [2.24, 2.45) is 5.92 Å². The first-order valence-electron chi connectivity index (χ1n) is 5.61. The summed E-state index contributed by atoms with van der Waals surface area (Å²) < 4.78 is 18.7. The van der Waals surface area contributed by atoms with Gasteiger partial charge in [0.05, 0.1) is 15.7 Å². The number of benzene rings is 1. The number of carbonyl (C=O) groups excluding carboxylic acids is 1. The molecule has 0 atom stereocenters. The average molecular weight is 292 g/mol. The highest BCUT2D eigenvalue weighted by Crippen LogP contribution is 2.28. The Bertz CT molecular complexity index is 462. The number of rotatable bonds is 2. The molecule has 18 heavy (non-hydrogen) atoms. The molecule has 1 amide bonds. The van der Waals surface area contributed by atoms with E-state index in [0.717, 1.165) is 6.07 Å². The molecule has 0 aromatic heterocycles. The minimum absolute atomic E-state index is 0.0564. The Morgan fingerprint density at radius 1 is 1.28 bits per heavy atom. The van der Waals surface area contributed by atoms with Crippen molar-refractivity contribution in [2.45, 2.75) is 12.8 Å². The Labute approximate surface area is 114 Å². The molecule has 1 fully saturated rings. The van der Waals surface area contributed by atoms with E-state index in [0.29, 0.717) is 26.1 Å². The van der Waals surface area contributed by atoms with Crippen molar-refractivity contribution >= 4 is 34.8 Å². The third-order valence-electron chi connectivity index (χ3n) is 2.86. The maximum Gasteiger partial charge on any atom is 0.227 e. The van der Waals surface area contributed by atoms with Crippen molar-refractivity contribution in [3.05, 3.63) is 28.0 Å². The molecular formula is C12H12Cl2FNO2. The van der Waals surface area contributed by atoms with Crippen LogP contribution in [0.15, 0.2) is 12.1 Å². The first kappa shape index (κ1) is 13.6. The predicted octanol–water partition coefficient (Wildman–Crippen LogP) is 3.50. The fourth-order valence-corrected chi connectivity index (χ4v) is 2.13. The van der Waals surface area contributed by atoms with Gasteiger partial charge in [-0.3, -0.25) is 4.79 Å². The van der Waals surface area contributed by atoms with Gasteiger partial charge >= 0.3 is 0 Å². The van der Waals surface area contributed by atoms with Gasteiger partial charge in [-0.1, -0.05) is 23.2 Å². The molecule has 3 nitrogen and oxygen atoms in total. The molecule has 6 heteroatoms. The monoisotopic (exact) mass is 291 g/mol. The number of nitrogens with one attached hydrogen (secondary N) is 1. The van der Waals surface area contributed by atoms with Gasteiger partial charge in [-0.25, -0.2) is 4.39 Å². The molecule has 1 N–H and O–H groups in total. The number of anilines is 1. The minimum atomic E-state index is -0.593. The molecular weight excluding hydrogens is 280 g/mol. The molecule has 0 bridgehead atoms. The highest BCUT2D eigenvalue weighted by Gasteiger charge is 2.22. The van der Waals surface area contributed by atoms with E-state index in [1.165, 1.54) is 6.07 Å². The van der Waals surface area contributed by atoms with Crippen molar-refractivity contribution in [1.82, 2.24) is 0 Å². The van der Waals surface area contributed by atoms with E-state index < -0.39 is 5.82 Å². The topological polar surface area (TPSA) is 38.3 Å².